The molecule has 0 spiro atoms. The van der Waals surface area contributed by atoms with Crippen molar-refractivity contribution in [3.05, 3.63) is 35.4 Å². The molecule has 19 heavy (non-hydrogen) atoms. The van der Waals surface area contributed by atoms with Gasteiger partial charge in [0.05, 0.1) is 0 Å². The number of rotatable bonds is 8. The van der Waals surface area contributed by atoms with Crippen molar-refractivity contribution in [2.75, 3.05) is 0 Å². The molecule has 1 N–H and O–H groups in total. The van der Waals surface area contributed by atoms with Crippen LogP contribution in [0.2, 0.25) is 0 Å². The topological polar surface area (TPSA) is 12.0 Å². The van der Waals surface area contributed by atoms with Crippen molar-refractivity contribution >= 4 is 0 Å². The molecule has 108 valence electrons. The van der Waals surface area contributed by atoms with E-state index < -0.39 is 0 Å². The second-order valence-corrected chi connectivity index (χ2v) is 5.75. The van der Waals surface area contributed by atoms with Gasteiger partial charge in [0.2, 0.25) is 0 Å². The van der Waals surface area contributed by atoms with E-state index in [2.05, 4.69) is 64.2 Å². The number of benzene rings is 1. The summed E-state index contributed by atoms with van der Waals surface area (Å²) in [5, 5.41) is 3.75. The van der Waals surface area contributed by atoms with Gasteiger partial charge >= 0.3 is 0 Å². The lowest BCUT2D eigenvalue weighted by atomic mass is 9.94. The maximum absolute atomic E-state index is 3.75. The average molecular weight is 261 g/mol. The van der Waals surface area contributed by atoms with Crippen molar-refractivity contribution in [2.24, 2.45) is 5.92 Å². The quantitative estimate of drug-likeness (QED) is 0.685. The molecule has 1 nitrogen and oxygen atoms in total. The Balaban J connectivity index is 2.59. The van der Waals surface area contributed by atoms with E-state index in [0.29, 0.717) is 12.1 Å². The highest BCUT2D eigenvalue weighted by atomic mass is 14.9. The maximum atomic E-state index is 3.75. The zero-order chi connectivity index (χ0) is 14.3. The molecule has 0 radical (unpaired) electrons. The maximum Gasteiger partial charge on any atom is 0.0294 e. The highest BCUT2D eigenvalue weighted by Gasteiger charge is 2.16. The van der Waals surface area contributed by atoms with E-state index in [9.17, 15) is 0 Å². The van der Waals surface area contributed by atoms with Crippen molar-refractivity contribution < 1.29 is 0 Å². The standard InChI is InChI=1S/C18H31N/c1-6-9-16-10-12-18(13-11-16)15(5)19-14(4)17(7-2)8-3/h10-15,17,19H,6-9H2,1-5H3. The fourth-order valence-electron chi connectivity index (χ4n) is 2.88. The van der Waals surface area contributed by atoms with E-state index in [1.54, 1.807) is 0 Å². The Labute approximate surface area is 119 Å². The average Bonchev–Trinajstić information content (AvgIpc) is 2.41. The smallest absolute Gasteiger partial charge is 0.0294 e. The SMILES string of the molecule is CCCc1ccc(C(C)NC(C)C(CC)CC)cc1. The van der Waals surface area contributed by atoms with Crippen LogP contribution in [-0.4, -0.2) is 6.04 Å². The molecule has 0 saturated heterocycles. The molecule has 1 heteroatoms. The second kappa shape index (κ2) is 8.37. The van der Waals surface area contributed by atoms with Crippen LogP contribution < -0.4 is 5.32 Å². The van der Waals surface area contributed by atoms with Crippen molar-refractivity contribution in [2.45, 2.75) is 72.4 Å². The van der Waals surface area contributed by atoms with E-state index in [1.807, 2.05) is 0 Å². The molecule has 0 fully saturated rings. The molecule has 1 aromatic rings. The molecule has 0 heterocycles. The predicted octanol–water partition coefficient (Wildman–Crippen LogP) is 5.11. The number of aryl methyl sites for hydroxylation is 1. The van der Waals surface area contributed by atoms with Gasteiger partial charge in [-0.15, -0.1) is 0 Å². The lowest BCUT2D eigenvalue weighted by Gasteiger charge is -2.26. The minimum absolute atomic E-state index is 0.436. The van der Waals surface area contributed by atoms with Crippen LogP contribution in [0.25, 0.3) is 0 Å². The van der Waals surface area contributed by atoms with Gasteiger partial charge in [-0.3, -0.25) is 0 Å². The summed E-state index contributed by atoms with van der Waals surface area (Å²) in [6.07, 6.45) is 4.92. The van der Waals surface area contributed by atoms with E-state index in [-0.39, 0.29) is 0 Å². The summed E-state index contributed by atoms with van der Waals surface area (Å²) < 4.78 is 0. The Morgan fingerprint density at radius 1 is 0.947 bits per heavy atom. The number of hydrogen-bond donors (Lipinski definition) is 1. The van der Waals surface area contributed by atoms with Crippen molar-refractivity contribution in [3.63, 3.8) is 0 Å². The second-order valence-electron chi connectivity index (χ2n) is 5.75. The van der Waals surface area contributed by atoms with Crippen LogP contribution in [0.1, 0.15) is 71.0 Å². The molecule has 1 rings (SSSR count). The third kappa shape index (κ3) is 4.99. The fraction of sp³-hybridized carbons (Fsp3) is 0.667. The van der Waals surface area contributed by atoms with Gasteiger partial charge in [-0.1, -0.05) is 64.3 Å². The van der Waals surface area contributed by atoms with Crippen molar-refractivity contribution in [3.8, 4) is 0 Å². The highest BCUT2D eigenvalue weighted by molar-refractivity contribution is 5.24. The summed E-state index contributed by atoms with van der Waals surface area (Å²) in [6, 6.07) is 10.1. The van der Waals surface area contributed by atoms with Gasteiger partial charge < -0.3 is 5.32 Å². The van der Waals surface area contributed by atoms with Crippen LogP contribution in [-0.2, 0) is 6.42 Å². The van der Waals surface area contributed by atoms with E-state index in [0.717, 1.165) is 5.92 Å². The van der Waals surface area contributed by atoms with Gasteiger partial charge in [0, 0.05) is 12.1 Å². The van der Waals surface area contributed by atoms with Gasteiger partial charge in [0.1, 0.15) is 0 Å². The van der Waals surface area contributed by atoms with Gasteiger partial charge in [-0.2, -0.15) is 0 Å². The molecule has 0 aliphatic heterocycles. The van der Waals surface area contributed by atoms with E-state index in [4.69, 9.17) is 0 Å². The van der Waals surface area contributed by atoms with Crippen LogP contribution in [0.5, 0.6) is 0 Å². The molecular formula is C18H31N. The van der Waals surface area contributed by atoms with Crippen molar-refractivity contribution in [1.29, 1.82) is 0 Å². The third-order valence-electron chi connectivity index (χ3n) is 4.29. The Kier molecular flexibility index (Phi) is 7.15. The van der Waals surface area contributed by atoms with Crippen LogP contribution >= 0.6 is 0 Å². The minimum atomic E-state index is 0.436. The van der Waals surface area contributed by atoms with Gasteiger partial charge in [-0.25, -0.2) is 0 Å². The monoisotopic (exact) mass is 261 g/mol. The first-order valence-electron chi connectivity index (χ1n) is 7.97. The van der Waals surface area contributed by atoms with Gasteiger partial charge in [0.25, 0.3) is 0 Å². The first-order chi connectivity index (χ1) is 9.12. The molecule has 0 aliphatic carbocycles. The highest BCUT2D eigenvalue weighted by Crippen LogP contribution is 2.19. The third-order valence-corrected chi connectivity index (χ3v) is 4.29. The molecule has 0 saturated carbocycles. The predicted molar refractivity (Wildman–Crippen MR) is 85.5 cm³/mol. The summed E-state index contributed by atoms with van der Waals surface area (Å²) in [5.41, 5.74) is 2.85. The van der Waals surface area contributed by atoms with E-state index >= 15 is 0 Å². The zero-order valence-corrected chi connectivity index (χ0v) is 13.4. The largest absolute Gasteiger partial charge is 0.307 e. The number of hydrogen-bond acceptors (Lipinski definition) is 1. The van der Waals surface area contributed by atoms with E-state index in [1.165, 1.54) is 36.8 Å². The summed E-state index contributed by atoms with van der Waals surface area (Å²) in [6.45, 7) is 11.4. The van der Waals surface area contributed by atoms with Gasteiger partial charge in [0.15, 0.2) is 0 Å². The van der Waals surface area contributed by atoms with Crippen LogP contribution in [0.3, 0.4) is 0 Å². The first kappa shape index (κ1) is 16.2. The Bertz CT molecular complexity index is 337. The van der Waals surface area contributed by atoms with Crippen LogP contribution in [0, 0.1) is 5.92 Å². The Hall–Kier alpha value is -0.820. The molecule has 0 aromatic heterocycles. The van der Waals surface area contributed by atoms with Gasteiger partial charge in [-0.05, 0) is 37.3 Å². The van der Waals surface area contributed by atoms with Crippen LogP contribution in [0.4, 0.5) is 0 Å². The number of nitrogens with one attached hydrogen (secondary N) is 1. The minimum Gasteiger partial charge on any atom is -0.307 e. The lowest BCUT2D eigenvalue weighted by Crippen LogP contribution is -2.34. The summed E-state index contributed by atoms with van der Waals surface area (Å²) in [4.78, 5) is 0. The Morgan fingerprint density at radius 3 is 2.00 bits per heavy atom. The molecule has 0 amide bonds. The van der Waals surface area contributed by atoms with Crippen molar-refractivity contribution in [1.82, 2.24) is 5.32 Å². The zero-order valence-electron chi connectivity index (χ0n) is 13.4. The molecule has 0 bridgehead atoms. The summed E-state index contributed by atoms with van der Waals surface area (Å²) in [7, 11) is 0. The lowest BCUT2D eigenvalue weighted by molar-refractivity contribution is 0.330. The fourth-order valence-corrected chi connectivity index (χ4v) is 2.88. The molecule has 2 unspecified atom stereocenters. The molecule has 0 aliphatic rings. The summed E-state index contributed by atoms with van der Waals surface area (Å²) in [5.74, 6) is 0.779. The van der Waals surface area contributed by atoms with Crippen LogP contribution in [0.15, 0.2) is 24.3 Å². The molecule has 2 atom stereocenters. The normalized spacial score (nSPS) is 14.6. The Morgan fingerprint density at radius 2 is 1.53 bits per heavy atom. The summed E-state index contributed by atoms with van der Waals surface area (Å²) >= 11 is 0. The first-order valence-corrected chi connectivity index (χ1v) is 7.97. The molecule has 1 aromatic carbocycles. The molecular weight excluding hydrogens is 230 g/mol.